The van der Waals surface area contributed by atoms with E-state index in [1.807, 2.05) is 42.5 Å². The Hall–Kier alpha value is -3.34. The molecule has 5 heteroatoms. The monoisotopic (exact) mass is 348 g/mol. The molecule has 0 unspecified atom stereocenters. The number of benzene rings is 3. The number of nitrogens with one attached hydrogen (secondary N) is 1. The van der Waals surface area contributed by atoms with Gasteiger partial charge in [-0.2, -0.15) is 5.10 Å². The van der Waals surface area contributed by atoms with Crippen molar-refractivity contribution in [3.8, 4) is 11.5 Å². The van der Waals surface area contributed by atoms with E-state index < -0.39 is 0 Å². The minimum absolute atomic E-state index is 0.0593. The highest BCUT2D eigenvalue weighted by atomic mass is 16.5. The summed E-state index contributed by atoms with van der Waals surface area (Å²) in [4.78, 5) is 12.3. The lowest BCUT2D eigenvalue weighted by atomic mass is 10.0. The van der Waals surface area contributed by atoms with Crippen LogP contribution < -0.4 is 10.2 Å². The fraction of sp³-hybridized carbons (Fsp3) is 0.143. The zero-order valence-corrected chi connectivity index (χ0v) is 14.7. The molecule has 0 heterocycles. The average Bonchev–Trinajstić information content (AvgIpc) is 2.67. The van der Waals surface area contributed by atoms with Crippen LogP contribution in [0.15, 0.2) is 65.8 Å². The number of hydrogen-bond donors (Lipinski definition) is 2. The summed E-state index contributed by atoms with van der Waals surface area (Å²) in [6, 6.07) is 18.8. The van der Waals surface area contributed by atoms with Gasteiger partial charge < -0.3 is 9.84 Å². The summed E-state index contributed by atoms with van der Waals surface area (Å²) < 4.78 is 5.09. The van der Waals surface area contributed by atoms with Crippen LogP contribution in [0, 0.1) is 0 Å². The number of nitrogens with zero attached hydrogens (tertiary/aromatic N) is 1. The zero-order valence-electron chi connectivity index (χ0n) is 14.7. The molecule has 2 N–H and O–H groups in total. The first kappa shape index (κ1) is 17.5. The van der Waals surface area contributed by atoms with Gasteiger partial charge in [0.05, 0.1) is 19.2 Å². The van der Waals surface area contributed by atoms with E-state index >= 15 is 0 Å². The number of hydrazone groups is 1. The molecule has 132 valence electrons. The van der Waals surface area contributed by atoms with Gasteiger partial charge in [0.2, 0.25) is 5.91 Å². The van der Waals surface area contributed by atoms with Crippen LogP contribution in [-0.4, -0.2) is 23.8 Å². The minimum Gasteiger partial charge on any atom is -0.504 e. The molecular weight excluding hydrogens is 328 g/mol. The zero-order chi connectivity index (χ0) is 18.5. The van der Waals surface area contributed by atoms with Crippen LogP contribution in [0.1, 0.15) is 18.1 Å². The SMILES string of the molecule is COc1cc(C(C)=NNC(=O)Cc2cccc3ccccc23)ccc1O. The van der Waals surface area contributed by atoms with E-state index in [-0.39, 0.29) is 18.1 Å². The van der Waals surface area contributed by atoms with Crippen molar-refractivity contribution in [1.29, 1.82) is 0 Å². The van der Waals surface area contributed by atoms with Crippen LogP contribution in [0.25, 0.3) is 10.8 Å². The molecule has 0 saturated heterocycles. The van der Waals surface area contributed by atoms with Crippen LogP contribution in [0.5, 0.6) is 11.5 Å². The average molecular weight is 348 g/mol. The number of ether oxygens (including phenoxy) is 1. The van der Waals surface area contributed by atoms with E-state index in [0.29, 0.717) is 11.5 Å². The highest BCUT2D eigenvalue weighted by molar-refractivity contribution is 6.00. The number of hydrogen-bond acceptors (Lipinski definition) is 4. The van der Waals surface area contributed by atoms with E-state index in [9.17, 15) is 9.90 Å². The number of phenols is 1. The van der Waals surface area contributed by atoms with Crippen molar-refractivity contribution < 1.29 is 14.6 Å². The Labute approximate surface area is 151 Å². The van der Waals surface area contributed by atoms with Crippen molar-refractivity contribution in [1.82, 2.24) is 5.43 Å². The maximum absolute atomic E-state index is 12.3. The van der Waals surface area contributed by atoms with Crippen molar-refractivity contribution in [3.05, 3.63) is 71.8 Å². The molecule has 0 fully saturated rings. The summed E-state index contributed by atoms with van der Waals surface area (Å²) in [5, 5.41) is 16.0. The van der Waals surface area contributed by atoms with Gasteiger partial charge >= 0.3 is 0 Å². The second-order valence-corrected chi connectivity index (χ2v) is 5.93. The third kappa shape index (κ3) is 3.83. The molecule has 0 radical (unpaired) electrons. The number of carbonyl (C=O) groups excluding carboxylic acids is 1. The summed E-state index contributed by atoms with van der Waals surface area (Å²) in [5.74, 6) is 0.231. The summed E-state index contributed by atoms with van der Waals surface area (Å²) >= 11 is 0. The third-order valence-corrected chi connectivity index (χ3v) is 4.18. The van der Waals surface area contributed by atoms with Gasteiger partial charge in [-0.15, -0.1) is 0 Å². The molecule has 0 aliphatic rings. The Balaban J connectivity index is 1.72. The Morgan fingerprint density at radius 1 is 1.12 bits per heavy atom. The maximum atomic E-state index is 12.3. The van der Waals surface area contributed by atoms with Crippen molar-refractivity contribution in [2.24, 2.45) is 5.10 Å². The van der Waals surface area contributed by atoms with E-state index in [1.165, 1.54) is 13.2 Å². The molecule has 3 aromatic rings. The fourth-order valence-electron chi connectivity index (χ4n) is 2.77. The van der Waals surface area contributed by atoms with Crippen LogP contribution >= 0.6 is 0 Å². The fourth-order valence-corrected chi connectivity index (χ4v) is 2.77. The van der Waals surface area contributed by atoms with Gasteiger partial charge in [-0.3, -0.25) is 4.79 Å². The standard InChI is InChI=1S/C21H20N2O3/c1-14(16-10-11-19(24)20(12-16)26-2)22-23-21(25)13-17-8-5-7-15-6-3-4-9-18(15)17/h3-12,24H,13H2,1-2H3,(H,23,25). The minimum atomic E-state index is -0.188. The van der Waals surface area contributed by atoms with E-state index in [4.69, 9.17) is 4.74 Å². The van der Waals surface area contributed by atoms with Gasteiger partial charge in [0, 0.05) is 5.56 Å². The van der Waals surface area contributed by atoms with E-state index in [2.05, 4.69) is 10.5 Å². The van der Waals surface area contributed by atoms with Crippen molar-refractivity contribution in [2.75, 3.05) is 7.11 Å². The highest BCUT2D eigenvalue weighted by Gasteiger charge is 2.08. The molecule has 3 rings (SSSR count). The molecule has 1 amide bonds. The molecule has 26 heavy (non-hydrogen) atoms. The lowest BCUT2D eigenvalue weighted by Crippen LogP contribution is -2.21. The number of aromatic hydroxyl groups is 1. The number of phenolic OH excluding ortho intramolecular Hbond substituents is 1. The largest absolute Gasteiger partial charge is 0.504 e. The third-order valence-electron chi connectivity index (χ3n) is 4.18. The first-order valence-corrected chi connectivity index (χ1v) is 8.25. The molecule has 5 nitrogen and oxygen atoms in total. The van der Waals surface area contributed by atoms with Gasteiger partial charge in [0.25, 0.3) is 0 Å². The molecule has 0 aliphatic heterocycles. The quantitative estimate of drug-likeness (QED) is 0.546. The highest BCUT2D eigenvalue weighted by Crippen LogP contribution is 2.26. The molecule has 3 aromatic carbocycles. The molecule has 0 atom stereocenters. The summed E-state index contributed by atoms with van der Waals surface area (Å²) in [5.41, 5.74) is 4.92. The van der Waals surface area contributed by atoms with Crippen LogP contribution in [0.4, 0.5) is 0 Å². The smallest absolute Gasteiger partial charge is 0.244 e. The second-order valence-electron chi connectivity index (χ2n) is 5.93. The number of methoxy groups -OCH3 is 1. The molecule has 0 bridgehead atoms. The van der Waals surface area contributed by atoms with Crippen molar-refractivity contribution in [2.45, 2.75) is 13.3 Å². The second kappa shape index (κ2) is 7.70. The first-order valence-electron chi connectivity index (χ1n) is 8.25. The van der Waals surface area contributed by atoms with Gasteiger partial charge in [0.15, 0.2) is 11.5 Å². The summed E-state index contributed by atoms with van der Waals surface area (Å²) in [6.07, 6.45) is 0.247. The Morgan fingerprint density at radius 2 is 1.88 bits per heavy atom. The molecule has 0 spiro atoms. The summed E-state index contributed by atoms with van der Waals surface area (Å²) in [6.45, 7) is 1.78. The normalized spacial score (nSPS) is 11.4. The summed E-state index contributed by atoms with van der Waals surface area (Å²) in [7, 11) is 1.48. The van der Waals surface area contributed by atoms with Gasteiger partial charge in [-0.1, -0.05) is 42.5 Å². The number of rotatable bonds is 5. The predicted octanol–water partition coefficient (Wildman–Crippen LogP) is 3.64. The molecule has 0 aromatic heterocycles. The van der Waals surface area contributed by atoms with Crippen LogP contribution in [0.3, 0.4) is 0 Å². The number of amides is 1. The number of carbonyl (C=O) groups is 1. The van der Waals surface area contributed by atoms with Gasteiger partial charge in [-0.05, 0) is 41.5 Å². The molecular formula is C21H20N2O3. The van der Waals surface area contributed by atoms with Crippen molar-refractivity contribution in [3.63, 3.8) is 0 Å². The topological polar surface area (TPSA) is 70.9 Å². The van der Waals surface area contributed by atoms with E-state index in [1.54, 1.807) is 19.1 Å². The Morgan fingerprint density at radius 3 is 2.69 bits per heavy atom. The van der Waals surface area contributed by atoms with Crippen LogP contribution in [-0.2, 0) is 11.2 Å². The number of fused-ring (bicyclic) bond motifs is 1. The van der Waals surface area contributed by atoms with Gasteiger partial charge in [0.1, 0.15) is 0 Å². The molecule has 0 saturated carbocycles. The van der Waals surface area contributed by atoms with E-state index in [0.717, 1.165) is 21.9 Å². The lowest BCUT2D eigenvalue weighted by molar-refractivity contribution is -0.120. The van der Waals surface area contributed by atoms with Crippen molar-refractivity contribution >= 4 is 22.4 Å². The first-order chi connectivity index (χ1) is 12.6. The Bertz CT molecular complexity index is 975. The van der Waals surface area contributed by atoms with Crippen LogP contribution in [0.2, 0.25) is 0 Å². The predicted molar refractivity (Wildman–Crippen MR) is 103 cm³/mol. The maximum Gasteiger partial charge on any atom is 0.244 e. The van der Waals surface area contributed by atoms with Gasteiger partial charge in [-0.25, -0.2) is 5.43 Å². The lowest BCUT2D eigenvalue weighted by Gasteiger charge is -2.08. The Kier molecular flexibility index (Phi) is 5.17. The molecule has 0 aliphatic carbocycles.